The van der Waals surface area contributed by atoms with Crippen LogP contribution in [0.4, 0.5) is 4.39 Å². The number of halogens is 2. The summed E-state index contributed by atoms with van der Waals surface area (Å²) in [5.41, 5.74) is 1.96. The predicted molar refractivity (Wildman–Crippen MR) is 84.2 cm³/mol. The highest BCUT2D eigenvalue weighted by Crippen LogP contribution is 2.21. The van der Waals surface area contributed by atoms with E-state index in [1.807, 2.05) is 24.3 Å². The largest absolute Gasteiger partial charge is 0.465 e. The number of benzene rings is 2. The van der Waals surface area contributed by atoms with Gasteiger partial charge in [-0.1, -0.05) is 29.8 Å². The maximum absolute atomic E-state index is 13.8. The maximum atomic E-state index is 13.8. The molecule has 0 N–H and O–H groups in total. The Bertz CT molecular complexity index is 629. The average molecular weight is 325 g/mol. The lowest BCUT2D eigenvalue weighted by atomic mass is 10.1. The van der Waals surface area contributed by atoms with Crippen molar-refractivity contribution < 1.29 is 13.9 Å². The van der Waals surface area contributed by atoms with Gasteiger partial charge in [0.2, 0.25) is 0 Å². The lowest BCUT2D eigenvalue weighted by Gasteiger charge is -2.05. The zero-order valence-corrected chi connectivity index (χ0v) is 13.0. The summed E-state index contributed by atoms with van der Waals surface area (Å²) in [5.74, 6) is 0.276. The molecule has 0 aliphatic heterocycles. The Morgan fingerprint density at radius 3 is 2.38 bits per heavy atom. The van der Waals surface area contributed by atoms with Crippen molar-refractivity contribution in [2.75, 3.05) is 7.11 Å². The molecule has 0 fully saturated rings. The number of hydrogen-bond donors (Lipinski definition) is 0. The van der Waals surface area contributed by atoms with Crippen LogP contribution in [-0.4, -0.2) is 13.1 Å². The first-order valence-corrected chi connectivity index (χ1v) is 7.82. The Morgan fingerprint density at radius 1 is 1.14 bits per heavy atom. The van der Waals surface area contributed by atoms with E-state index in [2.05, 4.69) is 4.74 Å². The summed E-state index contributed by atoms with van der Waals surface area (Å²) in [6.45, 7) is 0. The van der Waals surface area contributed by atoms with Crippen LogP contribution in [0.2, 0.25) is 5.02 Å². The predicted octanol–water partition coefficient (Wildman–Crippen LogP) is 4.70. The van der Waals surface area contributed by atoms with Gasteiger partial charge in [-0.25, -0.2) is 9.18 Å². The molecule has 0 heterocycles. The molecule has 0 aliphatic rings. The van der Waals surface area contributed by atoms with Crippen molar-refractivity contribution in [1.82, 2.24) is 0 Å². The Hall–Kier alpha value is -1.52. The van der Waals surface area contributed by atoms with E-state index in [9.17, 15) is 9.18 Å². The highest BCUT2D eigenvalue weighted by molar-refractivity contribution is 7.97. The van der Waals surface area contributed by atoms with Crippen LogP contribution in [0.25, 0.3) is 0 Å². The summed E-state index contributed by atoms with van der Waals surface area (Å²) in [6, 6.07) is 12.2. The number of carbonyl (C=O) groups excluding carboxylic acids is 1. The highest BCUT2D eigenvalue weighted by Gasteiger charge is 2.12. The monoisotopic (exact) mass is 324 g/mol. The first-order chi connectivity index (χ1) is 10.1. The maximum Gasteiger partial charge on any atom is 0.340 e. The average Bonchev–Trinajstić information content (AvgIpc) is 2.49. The number of hydrogen-bond acceptors (Lipinski definition) is 3. The summed E-state index contributed by atoms with van der Waals surface area (Å²) in [5, 5.41) is 0.712. The number of esters is 1. The topological polar surface area (TPSA) is 26.3 Å². The molecule has 0 spiro atoms. The van der Waals surface area contributed by atoms with Gasteiger partial charge in [0, 0.05) is 16.5 Å². The van der Waals surface area contributed by atoms with Crippen LogP contribution >= 0.6 is 23.4 Å². The number of methoxy groups -OCH3 is 1. The van der Waals surface area contributed by atoms with Crippen LogP contribution in [0.3, 0.4) is 0 Å². The number of thioether (sulfide) groups is 1. The molecule has 2 aromatic rings. The molecule has 0 aliphatic carbocycles. The molecule has 0 amide bonds. The SMILES string of the molecule is COC(=O)c1ccc(CSCc2ccc(Cl)cc2)cc1F. The van der Waals surface area contributed by atoms with Gasteiger partial charge in [-0.2, -0.15) is 11.8 Å². The fourth-order valence-electron chi connectivity index (χ4n) is 1.79. The van der Waals surface area contributed by atoms with E-state index in [-0.39, 0.29) is 5.56 Å². The minimum atomic E-state index is -0.659. The molecule has 0 saturated carbocycles. The van der Waals surface area contributed by atoms with Gasteiger partial charge in [0.05, 0.1) is 12.7 Å². The van der Waals surface area contributed by atoms with Gasteiger partial charge in [0.15, 0.2) is 0 Å². The van der Waals surface area contributed by atoms with Crippen molar-refractivity contribution >= 4 is 29.3 Å². The van der Waals surface area contributed by atoms with Crippen LogP contribution in [-0.2, 0) is 16.2 Å². The van der Waals surface area contributed by atoms with Crippen molar-refractivity contribution in [2.24, 2.45) is 0 Å². The molecular formula is C16H14ClFO2S. The summed E-state index contributed by atoms with van der Waals surface area (Å²) in [4.78, 5) is 11.3. The second-order valence-electron chi connectivity index (χ2n) is 4.43. The lowest BCUT2D eigenvalue weighted by Crippen LogP contribution is -2.04. The number of rotatable bonds is 5. The highest BCUT2D eigenvalue weighted by atomic mass is 35.5. The molecule has 0 bridgehead atoms. The van der Waals surface area contributed by atoms with Gasteiger partial charge in [-0.05, 0) is 35.4 Å². The molecule has 0 atom stereocenters. The first kappa shape index (κ1) is 15.9. The van der Waals surface area contributed by atoms with Crippen LogP contribution in [0.1, 0.15) is 21.5 Å². The summed E-state index contributed by atoms with van der Waals surface area (Å²) in [6.07, 6.45) is 0. The van der Waals surface area contributed by atoms with Crippen molar-refractivity contribution in [3.63, 3.8) is 0 Å². The van der Waals surface area contributed by atoms with Crippen molar-refractivity contribution in [3.05, 3.63) is 70.0 Å². The minimum absolute atomic E-state index is 0.0380. The van der Waals surface area contributed by atoms with Crippen LogP contribution in [0.5, 0.6) is 0 Å². The molecule has 2 nitrogen and oxygen atoms in total. The molecule has 2 rings (SSSR count). The Labute approximate surface area is 132 Å². The van der Waals surface area contributed by atoms with Crippen molar-refractivity contribution in [1.29, 1.82) is 0 Å². The van der Waals surface area contributed by atoms with Gasteiger partial charge < -0.3 is 4.74 Å². The summed E-state index contributed by atoms with van der Waals surface area (Å²) < 4.78 is 18.3. The van der Waals surface area contributed by atoms with Gasteiger partial charge in [0.25, 0.3) is 0 Å². The van der Waals surface area contributed by atoms with E-state index >= 15 is 0 Å². The van der Waals surface area contributed by atoms with Gasteiger partial charge in [-0.3, -0.25) is 0 Å². The first-order valence-electron chi connectivity index (χ1n) is 6.29. The van der Waals surface area contributed by atoms with E-state index in [1.54, 1.807) is 17.8 Å². The third-order valence-corrected chi connectivity index (χ3v) is 4.22. The van der Waals surface area contributed by atoms with Gasteiger partial charge in [-0.15, -0.1) is 0 Å². The molecule has 110 valence electrons. The molecular weight excluding hydrogens is 311 g/mol. The van der Waals surface area contributed by atoms with Crippen molar-refractivity contribution in [3.8, 4) is 0 Å². The quantitative estimate of drug-likeness (QED) is 0.746. The zero-order chi connectivity index (χ0) is 15.2. The van der Waals surface area contributed by atoms with Crippen LogP contribution in [0.15, 0.2) is 42.5 Å². The molecule has 0 aromatic heterocycles. The minimum Gasteiger partial charge on any atom is -0.465 e. The number of carbonyl (C=O) groups is 1. The second kappa shape index (κ2) is 7.48. The third-order valence-electron chi connectivity index (χ3n) is 2.89. The molecule has 0 unspecified atom stereocenters. The molecule has 21 heavy (non-hydrogen) atoms. The normalized spacial score (nSPS) is 10.4. The third kappa shape index (κ3) is 4.48. The fourth-order valence-corrected chi connectivity index (χ4v) is 2.86. The molecule has 0 saturated heterocycles. The second-order valence-corrected chi connectivity index (χ2v) is 5.85. The molecule has 2 aromatic carbocycles. The van der Waals surface area contributed by atoms with E-state index in [0.29, 0.717) is 10.8 Å². The Balaban J connectivity index is 1.93. The Kier molecular flexibility index (Phi) is 5.65. The van der Waals surface area contributed by atoms with Crippen LogP contribution in [0, 0.1) is 5.82 Å². The van der Waals surface area contributed by atoms with Gasteiger partial charge in [0.1, 0.15) is 5.82 Å². The molecule has 0 radical (unpaired) electrons. The lowest BCUT2D eigenvalue weighted by molar-refractivity contribution is 0.0595. The van der Waals surface area contributed by atoms with Gasteiger partial charge >= 0.3 is 5.97 Å². The Morgan fingerprint density at radius 2 is 1.76 bits per heavy atom. The van der Waals surface area contributed by atoms with E-state index in [4.69, 9.17) is 11.6 Å². The fraction of sp³-hybridized carbons (Fsp3) is 0.188. The zero-order valence-electron chi connectivity index (χ0n) is 11.4. The van der Waals surface area contributed by atoms with E-state index in [1.165, 1.54) is 19.2 Å². The van der Waals surface area contributed by atoms with E-state index in [0.717, 1.165) is 16.9 Å². The smallest absolute Gasteiger partial charge is 0.340 e. The summed E-state index contributed by atoms with van der Waals surface area (Å²) >= 11 is 7.49. The standard InChI is InChI=1S/C16H14ClFO2S/c1-20-16(19)14-7-4-12(8-15(14)18)10-21-9-11-2-5-13(17)6-3-11/h2-8H,9-10H2,1H3. The molecule has 5 heteroatoms. The van der Waals surface area contributed by atoms with E-state index < -0.39 is 11.8 Å². The summed E-state index contributed by atoms with van der Waals surface area (Å²) in [7, 11) is 1.23. The number of ether oxygens (including phenoxy) is 1. The van der Waals surface area contributed by atoms with Crippen LogP contribution < -0.4 is 0 Å². The van der Waals surface area contributed by atoms with Crippen molar-refractivity contribution in [2.45, 2.75) is 11.5 Å².